The van der Waals surface area contributed by atoms with E-state index in [9.17, 15) is 9.90 Å². The van der Waals surface area contributed by atoms with Gasteiger partial charge in [-0.1, -0.05) is 48.0 Å². The molecule has 1 saturated carbocycles. The molecule has 2 rings (SSSR count). The average molecular weight is 456 g/mol. The fraction of sp³-hybridized carbons (Fsp3) is 0.960. The topological polar surface area (TPSA) is 59.0 Å². The first-order valence-electron chi connectivity index (χ1n) is 12.6. The first-order chi connectivity index (χ1) is 14.2. The maximum Gasteiger partial charge on any atom is 0.410 e. The summed E-state index contributed by atoms with van der Waals surface area (Å²) in [6.07, 6.45) is 3.14. The predicted octanol–water partition coefficient (Wildman–Crippen LogP) is 6.35. The molecular weight excluding hydrogens is 406 g/mol. The van der Waals surface area contributed by atoms with Crippen LogP contribution in [-0.4, -0.2) is 54.8 Å². The number of ether oxygens (including phenoxy) is 1. The molecule has 0 spiro atoms. The van der Waals surface area contributed by atoms with Crippen molar-refractivity contribution in [1.82, 2.24) is 4.90 Å². The van der Waals surface area contributed by atoms with Crippen molar-refractivity contribution in [3.05, 3.63) is 0 Å². The number of piperidine rings is 1. The van der Waals surface area contributed by atoms with Crippen molar-refractivity contribution in [1.29, 1.82) is 0 Å². The lowest BCUT2D eigenvalue weighted by Gasteiger charge is -2.52. The molecule has 2 fully saturated rings. The summed E-state index contributed by atoms with van der Waals surface area (Å²) in [6.45, 7) is 22.4. The van der Waals surface area contributed by atoms with E-state index >= 15 is 0 Å². The Kier molecular flexibility index (Phi) is 8.71. The summed E-state index contributed by atoms with van der Waals surface area (Å²) < 4.78 is 12.7. The second-order valence-corrected chi connectivity index (χ2v) is 17.4. The van der Waals surface area contributed by atoms with Crippen molar-refractivity contribution in [3.63, 3.8) is 0 Å². The molecule has 2 aliphatic rings. The Morgan fingerprint density at radius 1 is 1.06 bits per heavy atom. The lowest BCUT2D eigenvalue weighted by atomic mass is 9.69. The van der Waals surface area contributed by atoms with Gasteiger partial charge in [0.15, 0.2) is 8.32 Å². The van der Waals surface area contributed by atoms with Crippen LogP contribution in [-0.2, 0) is 9.16 Å². The summed E-state index contributed by atoms with van der Waals surface area (Å²) >= 11 is 0. The van der Waals surface area contributed by atoms with Crippen molar-refractivity contribution in [3.8, 4) is 0 Å². The zero-order valence-corrected chi connectivity index (χ0v) is 22.8. The molecule has 1 amide bonds. The molecule has 0 aromatic heterocycles. The van der Waals surface area contributed by atoms with Crippen LogP contribution in [0, 0.1) is 11.8 Å². The predicted molar refractivity (Wildman–Crippen MR) is 130 cm³/mol. The van der Waals surface area contributed by atoms with Gasteiger partial charge in [-0.15, -0.1) is 0 Å². The monoisotopic (exact) mass is 455 g/mol. The van der Waals surface area contributed by atoms with Crippen LogP contribution in [0.25, 0.3) is 0 Å². The molecule has 5 nitrogen and oxygen atoms in total. The number of hydrogen-bond donors (Lipinski definition) is 1. The standard InChI is InChI=1S/C25H49NO4Si/c1-16(2)31(17(3)4,18(5)6)29-15-20-12-11-13-22-21(20)14-23(27)19(7)26(22)24(28)30-25(8,9)10/h16-23,27H,11-15H2,1-10H3/t19-,20-,21-,22+,23+/m0/s1. The largest absolute Gasteiger partial charge is 0.444 e. The lowest BCUT2D eigenvalue weighted by molar-refractivity contribution is -0.0857. The van der Waals surface area contributed by atoms with Crippen LogP contribution in [0.4, 0.5) is 4.79 Å². The molecule has 1 aliphatic carbocycles. The van der Waals surface area contributed by atoms with Gasteiger partial charge in [-0.05, 0) is 75.4 Å². The normalized spacial score (nSPS) is 30.1. The highest BCUT2D eigenvalue weighted by Crippen LogP contribution is 2.46. The van der Waals surface area contributed by atoms with Gasteiger partial charge in [0, 0.05) is 12.6 Å². The van der Waals surface area contributed by atoms with Gasteiger partial charge in [-0.25, -0.2) is 4.79 Å². The van der Waals surface area contributed by atoms with E-state index in [1.165, 1.54) is 0 Å². The van der Waals surface area contributed by atoms with E-state index < -0.39 is 20.0 Å². The average Bonchev–Trinajstić information content (AvgIpc) is 2.61. The lowest BCUT2D eigenvalue weighted by Crippen LogP contribution is -2.62. The van der Waals surface area contributed by atoms with Crippen LogP contribution in [0.5, 0.6) is 0 Å². The van der Waals surface area contributed by atoms with Crippen LogP contribution < -0.4 is 0 Å². The Morgan fingerprint density at radius 3 is 2.10 bits per heavy atom. The Labute approximate surface area is 192 Å². The van der Waals surface area contributed by atoms with Gasteiger partial charge in [0.25, 0.3) is 0 Å². The number of hydrogen-bond acceptors (Lipinski definition) is 4. The highest BCUT2D eigenvalue weighted by molar-refractivity contribution is 6.77. The summed E-state index contributed by atoms with van der Waals surface area (Å²) in [4.78, 5) is 14.9. The maximum absolute atomic E-state index is 13.1. The highest BCUT2D eigenvalue weighted by atomic mass is 28.4. The Morgan fingerprint density at radius 2 is 1.61 bits per heavy atom. The van der Waals surface area contributed by atoms with E-state index in [0.29, 0.717) is 22.5 Å². The van der Waals surface area contributed by atoms with Gasteiger partial charge >= 0.3 is 6.09 Å². The quantitative estimate of drug-likeness (QED) is 0.474. The summed E-state index contributed by atoms with van der Waals surface area (Å²) in [6, 6.07) is -0.0879. The summed E-state index contributed by atoms with van der Waals surface area (Å²) in [5, 5.41) is 10.9. The zero-order valence-electron chi connectivity index (χ0n) is 21.8. The van der Waals surface area contributed by atoms with Crippen molar-refractivity contribution >= 4 is 14.4 Å². The van der Waals surface area contributed by atoms with E-state index in [2.05, 4.69) is 41.5 Å². The molecule has 1 heterocycles. The van der Waals surface area contributed by atoms with Gasteiger partial charge in [0.05, 0.1) is 12.1 Å². The third-order valence-electron chi connectivity index (χ3n) is 7.90. The van der Waals surface area contributed by atoms with Crippen LogP contribution in [0.1, 0.15) is 94.9 Å². The van der Waals surface area contributed by atoms with Crippen molar-refractivity contribution in [2.24, 2.45) is 11.8 Å². The number of aliphatic hydroxyl groups excluding tert-OH is 1. The second-order valence-electron chi connectivity index (χ2n) is 12.0. The number of amides is 1. The molecule has 0 radical (unpaired) electrons. The van der Waals surface area contributed by atoms with Crippen molar-refractivity contribution in [2.75, 3.05) is 6.61 Å². The number of likely N-dealkylation sites (tertiary alicyclic amines) is 1. The Bertz CT molecular complexity index is 579. The van der Waals surface area contributed by atoms with E-state index in [1.807, 2.05) is 32.6 Å². The molecule has 6 heteroatoms. The van der Waals surface area contributed by atoms with Crippen LogP contribution in [0.2, 0.25) is 16.6 Å². The number of fused-ring (bicyclic) bond motifs is 1. The molecular formula is C25H49NO4Si. The van der Waals surface area contributed by atoms with Crippen LogP contribution in [0.3, 0.4) is 0 Å². The summed E-state index contributed by atoms with van der Waals surface area (Å²) in [7, 11) is -1.94. The number of carbonyl (C=O) groups excluding carboxylic acids is 1. The Hall–Kier alpha value is -0.593. The summed E-state index contributed by atoms with van der Waals surface area (Å²) in [5.74, 6) is 0.652. The molecule has 1 aliphatic heterocycles. The number of carbonyl (C=O) groups is 1. The minimum Gasteiger partial charge on any atom is -0.444 e. The zero-order chi connectivity index (χ0) is 23.7. The number of aliphatic hydroxyl groups is 1. The van der Waals surface area contributed by atoms with Crippen LogP contribution in [0.15, 0.2) is 0 Å². The number of rotatable bonds is 6. The minimum absolute atomic E-state index is 0.129. The van der Waals surface area contributed by atoms with Gasteiger partial charge in [0.2, 0.25) is 0 Å². The van der Waals surface area contributed by atoms with Gasteiger partial charge in [0.1, 0.15) is 5.60 Å². The maximum atomic E-state index is 13.1. The molecule has 1 N–H and O–H groups in total. The minimum atomic E-state index is -1.94. The fourth-order valence-corrected chi connectivity index (χ4v) is 12.1. The molecule has 1 saturated heterocycles. The van der Waals surface area contributed by atoms with Gasteiger partial charge < -0.3 is 14.3 Å². The molecule has 5 atom stereocenters. The van der Waals surface area contributed by atoms with E-state index in [-0.39, 0.29) is 24.1 Å². The fourth-order valence-electron chi connectivity index (χ4n) is 6.56. The molecule has 0 aromatic carbocycles. The third-order valence-corrected chi connectivity index (χ3v) is 14.0. The van der Waals surface area contributed by atoms with Crippen molar-refractivity contribution < 1.29 is 19.1 Å². The van der Waals surface area contributed by atoms with E-state index in [1.54, 1.807) is 0 Å². The first kappa shape index (κ1) is 26.7. The summed E-state index contributed by atoms with van der Waals surface area (Å²) in [5.41, 5.74) is 1.13. The number of nitrogens with zero attached hydrogens (tertiary/aromatic N) is 1. The third kappa shape index (κ3) is 5.67. The molecule has 182 valence electrons. The highest BCUT2D eigenvalue weighted by Gasteiger charge is 2.50. The second kappa shape index (κ2) is 10.1. The SMILES string of the molecule is CC(C)[Si](OC[C@@H]1CCC[C@@H]2[C@H]1C[C@@H](O)[C@H](C)N2C(=O)OC(C)(C)C)(C(C)C)C(C)C. The van der Waals surface area contributed by atoms with E-state index in [4.69, 9.17) is 9.16 Å². The van der Waals surface area contributed by atoms with Gasteiger partial charge in [-0.3, -0.25) is 4.90 Å². The van der Waals surface area contributed by atoms with Gasteiger partial charge in [-0.2, -0.15) is 0 Å². The van der Waals surface area contributed by atoms with Crippen LogP contribution >= 0.6 is 0 Å². The molecule has 0 bridgehead atoms. The molecule has 0 unspecified atom stereocenters. The molecule has 0 aromatic rings. The smallest absolute Gasteiger partial charge is 0.410 e. The molecule has 31 heavy (non-hydrogen) atoms. The van der Waals surface area contributed by atoms with Crippen molar-refractivity contribution in [2.45, 2.75) is 135 Å². The first-order valence-corrected chi connectivity index (χ1v) is 14.7. The Balaban J connectivity index is 2.24. The van der Waals surface area contributed by atoms with E-state index in [0.717, 1.165) is 32.3 Å².